The number of hydrogen-bond acceptors (Lipinski definition) is 4. The summed E-state index contributed by atoms with van der Waals surface area (Å²) in [5.74, 6) is -0.394. The Kier molecular flexibility index (Phi) is 8.20. The van der Waals surface area contributed by atoms with Crippen LogP contribution in [-0.4, -0.2) is 40.7 Å². The second-order valence-corrected chi connectivity index (χ2v) is 10.7. The summed E-state index contributed by atoms with van der Waals surface area (Å²) in [6.07, 6.45) is 2.88. The smallest absolute Gasteiger partial charge is 0.253 e. The molecule has 0 saturated carbocycles. The van der Waals surface area contributed by atoms with E-state index in [9.17, 15) is 18.8 Å². The molecule has 1 aliphatic rings. The van der Waals surface area contributed by atoms with Crippen LogP contribution in [0.2, 0.25) is 0 Å². The standard InChI is InChI=1S/C30H33FN4O3/c1-30(2,3)29(38)34-25-11-6-22(7-12-25)28(37)35-16-14-21(15-17-35)20-4-9-24(10-5-20)33-27(36)18-26-13-8-23(31)19-32-26/h4-13,19,21H,14-18H2,1-3H3,(H,33,36)(H,34,38). The number of halogens is 1. The Morgan fingerprint density at radius 2 is 1.50 bits per heavy atom. The number of hydrogen-bond donors (Lipinski definition) is 2. The first kappa shape index (κ1) is 27.0. The molecule has 1 aliphatic heterocycles. The molecule has 0 radical (unpaired) electrons. The summed E-state index contributed by atoms with van der Waals surface area (Å²) in [4.78, 5) is 43.2. The highest BCUT2D eigenvalue weighted by molar-refractivity contribution is 5.97. The topological polar surface area (TPSA) is 91.4 Å². The lowest BCUT2D eigenvalue weighted by molar-refractivity contribution is -0.123. The third-order valence-corrected chi connectivity index (χ3v) is 6.65. The third kappa shape index (κ3) is 7.03. The molecule has 3 aromatic rings. The van der Waals surface area contributed by atoms with E-state index in [4.69, 9.17) is 0 Å². The van der Waals surface area contributed by atoms with Gasteiger partial charge in [-0.2, -0.15) is 0 Å². The normalized spacial score (nSPS) is 14.2. The van der Waals surface area contributed by atoms with Crippen molar-refractivity contribution in [2.24, 2.45) is 5.41 Å². The minimum Gasteiger partial charge on any atom is -0.339 e. The van der Waals surface area contributed by atoms with E-state index in [1.807, 2.05) is 49.9 Å². The number of carbonyl (C=O) groups is 3. The second-order valence-electron chi connectivity index (χ2n) is 10.7. The molecule has 0 aliphatic carbocycles. The van der Waals surface area contributed by atoms with Gasteiger partial charge in [-0.3, -0.25) is 19.4 Å². The van der Waals surface area contributed by atoms with Crippen LogP contribution in [0.5, 0.6) is 0 Å². The Balaban J connectivity index is 1.26. The number of aromatic nitrogens is 1. The lowest BCUT2D eigenvalue weighted by Crippen LogP contribution is -2.37. The molecule has 0 bridgehead atoms. The number of rotatable bonds is 6. The number of benzene rings is 2. The summed E-state index contributed by atoms with van der Waals surface area (Å²) in [6, 6.07) is 17.6. The monoisotopic (exact) mass is 516 g/mol. The number of piperidine rings is 1. The van der Waals surface area contributed by atoms with Crippen molar-refractivity contribution in [3.05, 3.63) is 89.5 Å². The number of nitrogens with zero attached hydrogens (tertiary/aromatic N) is 2. The molecular weight excluding hydrogens is 483 g/mol. The molecule has 8 heteroatoms. The van der Waals surface area contributed by atoms with Crippen molar-refractivity contribution in [3.63, 3.8) is 0 Å². The maximum absolute atomic E-state index is 13.0. The Morgan fingerprint density at radius 1 is 0.895 bits per heavy atom. The van der Waals surface area contributed by atoms with E-state index in [-0.39, 0.29) is 24.1 Å². The summed E-state index contributed by atoms with van der Waals surface area (Å²) in [5.41, 5.74) is 3.16. The third-order valence-electron chi connectivity index (χ3n) is 6.65. The van der Waals surface area contributed by atoms with Crippen LogP contribution < -0.4 is 10.6 Å². The van der Waals surface area contributed by atoms with Crippen LogP contribution in [0.1, 0.15) is 61.1 Å². The molecule has 1 aromatic heterocycles. The number of nitrogens with one attached hydrogen (secondary N) is 2. The van der Waals surface area contributed by atoms with E-state index in [1.54, 1.807) is 24.3 Å². The van der Waals surface area contributed by atoms with Crippen molar-refractivity contribution in [1.29, 1.82) is 0 Å². The second kappa shape index (κ2) is 11.5. The highest BCUT2D eigenvalue weighted by atomic mass is 19.1. The molecule has 2 heterocycles. The van der Waals surface area contributed by atoms with Gasteiger partial charge >= 0.3 is 0 Å². The van der Waals surface area contributed by atoms with Gasteiger partial charge < -0.3 is 15.5 Å². The zero-order valence-corrected chi connectivity index (χ0v) is 22.0. The number of pyridine rings is 1. The van der Waals surface area contributed by atoms with Crippen molar-refractivity contribution < 1.29 is 18.8 Å². The van der Waals surface area contributed by atoms with Gasteiger partial charge in [0.25, 0.3) is 5.91 Å². The summed E-state index contributed by atoms with van der Waals surface area (Å²) >= 11 is 0. The molecule has 1 fully saturated rings. The van der Waals surface area contributed by atoms with E-state index in [2.05, 4.69) is 15.6 Å². The largest absolute Gasteiger partial charge is 0.339 e. The maximum atomic E-state index is 13.0. The highest BCUT2D eigenvalue weighted by Crippen LogP contribution is 2.30. The van der Waals surface area contributed by atoms with Crippen molar-refractivity contribution in [2.75, 3.05) is 23.7 Å². The van der Waals surface area contributed by atoms with Gasteiger partial charge in [0, 0.05) is 41.1 Å². The fourth-order valence-corrected chi connectivity index (χ4v) is 4.33. The first-order chi connectivity index (χ1) is 18.1. The average Bonchev–Trinajstić information content (AvgIpc) is 2.90. The highest BCUT2D eigenvalue weighted by Gasteiger charge is 2.25. The zero-order chi connectivity index (χ0) is 27.3. The Labute approximate surface area is 222 Å². The first-order valence-corrected chi connectivity index (χ1v) is 12.8. The molecule has 0 unspecified atom stereocenters. The fraction of sp³-hybridized carbons (Fsp3) is 0.333. The number of amides is 3. The van der Waals surface area contributed by atoms with Gasteiger partial charge in [0.2, 0.25) is 11.8 Å². The van der Waals surface area contributed by atoms with Crippen LogP contribution in [0.15, 0.2) is 66.9 Å². The van der Waals surface area contributed by atoms with Crippen molar-refractivity contribution >= 4 is 29.1 Å². The van der Waals surface area contributed by atoms with Gasteiger partial charge in [-0.1, -0.05) is 32.9 Å². The maximum Gasteiger partial charge on any atom is 0.253 e. The quantitative estimate of drug-likeness (QED) is 0.459. The van der Waals surface area contributed by atoms with E-state index >= 15 is 0 Å². The van der Waals surface area contributed by atoms with Crippen LogP contribution >= 0.6 is 0 Å². The summed E-state index contributed by atoms with van der Waals surface area (Å²) in [7, 11) is 0. The van der Waals surface area contributed by atoms with Gasteiger partial charge in [0.1, 0.15) is 5.82 Å². The van der Waals surface area contributed by atoms with Crippen molar-refractivity contribution in [1.82, 2.24) is 9.88 Å². The van der Waals surface area contributed by atoms with E-state index < -0.39 is 11.2 Å². The van der Waals surface area contributed by atoms with Crippen LogP contribution in [0.4, 0.5) is 15.8 Å². The Hall–Kier alpha value is -4.07. The van der Waals surface area contributed by atoms with Crippen molar-refractivity contribution in [3.8, 4) is 0 Å². The Bertz CT molecular complexity index is 1280. The van der Waals surface area contributed by atoms with Gasteiger partial charge in [0.05, 0.1) is 12.6 Å². The van der Waals surface area contributed by atoms with Gasteiger partial charge in [-0.05, 0) is 72.9 Å². The van der Waals surface area contributed by atoms with Crippen LogP contribution in [0.25, 0.3) is 0 Å². The zero-order valence-electron chi connectivity index (χ0n) is 22.0. The summed E-state index contributed by atoms with van der Waals surface area (Å²) in [6.45, 7) is 6.88. The van der Waals surface area contributed by atoms with Gasteiger partial charge in [-0.25, -0.2) is 4.39 Å². The predicted molar refractivity (Wildman–Crippen MR) is 145 cm³/mol. The molecular formula is C30H33FN4O3. The lowest BCUT2D eigenvalue weighted by atomic mass is 9.89. The molecule has 0 spiro atoms. The minimum absolute atomic E-state index is 0.00847. The Morgan fingerprint density at radius 3 is 2.08 bits per heavy atom. The molecule has 2 N–H and O–H groups in total. The molecule has 0 atom stereocenters. The molecule has 2 aromatic carbocycles. The van der Waals surface area contributed by atoms with Gasteiger partial charge in [0.15, 0.2) is 0 Å². The first-order valence-electron chi connectivity index (χ1n) is 12.8. The molecule has 1 saturated heterocycles. The molecule has 4 rings (SSSR count). The van der Waals surface area contributed by atoms with Crippen LogP contribution in [0.3, 0.4) is 0 Å². The lowest BCUT2D eigenvalue weighted by Gasteiger charge is -2.32. The minimum atomic E-state index is -0.490. The number of anilines is 2. The van der Waals surface area contributed by atoms with Crippen LogP contribution in [-0.2, 0) is 16.0 Å². The average molecular weight is 517 g/mol. The fourth-order valence-electron chi connectivity index (χ4n) is 4.33. The molecule has 38 heavy (non-hydrogen) atoms. The van der Waals surface area contributed by atoms with Crippen LogP contribution in [0, 0.1) is 11.2 Å². The molecule has 3 amide bonds. The van der Waals surface area contributed by atoms with Crippen molar-refractivity contribution in [2.45, 2.75) is 46.0 Å². The summed E-state index contributed by atoms with van der Waals surface area (Å²) < 4.78 is 13.0. The summed E-state index contributed by atoms with van der Waals surface area (Å²) in [5, 5.41) is 5.72. The number of carbonyl (C=O) groups excluding carboxylic acids is 3. The molecule has 198 valence electrons. The van der Waals surface area contributed by atoms with E-state index in [0.29, 0.717) is 41.6 Å². The molecule has 7 nitrogen and oxygen atoms in total. The van der Waals surface area contributed by atoms with E-state index in [1.165, 1.54) is 17.7 Å². The number of likely N-dealkylation sites (tertiary alicyclic amines) is 1. The SMILES string of the molecule is CC(C)(C)C(=O)Nc1ccc(C(=O)N2CCC(c3ccc(NC(=O)Cc4ccc(F)cn4)cc3)CC2)cc1. The predicted octanol–water partition coefficient (Wildman–Crippen LogP) is 5.41. The van der Waals surface area contributed by atoms with E-state index in [0.717, 1.165) is 19.0 Å². The van der Waals surface area contributed by atoms with Gasteiger partial charge in [-0.15, -0.1) is 0 Å².